The lowest BCUT2D eigenvalue weighted by Crippen LogP contribution is -2.12. The zero-order valence-corrected chi connectivity index (χ0v) is 12.3. The van der Waals surface area contributed by atoms with Gasteiger partial charge in [0.25, 0.3) is 0 Å². The van der Waals surface area contributed by atoms with Gasteiger partial charge in [0.05, 0.1) is 11.6 Å². The van der Waals surface area contributed by atoms with Gasteiger partial charge in [-0.15, -0.1) is 11.8 Å². The van der Waals surface area contributed by atoms with Gasteiger partial charge in [-0.3, -0.25) is 0 Å². The Morgan fingerprint density at radius 2 is 1.43 bits per heavy atom. The molecule has 0 aliphatic heterocycles. The van der Waals surface area contributed by atoms with Crippen LogP contribution in [0.2, 0.25) is 0 Å². The Labute approximate surface area is 126 Å². The molecular weight excluding hydrogens is 295 g/mol. The van der Waals surface area contributed by atoms with Crippen LogP contribution >= 0.6 is 11.8 Å². The molecule has 112 valence electrons. The van der Waals surface area contributed by atoms with Gasteiger partial charge in [0.1, 0.15) is 0 Å². The lowest BCUT2D eigenvalue weighted by molar-refractivity contribution is -0.137. The molecule has 0 amide bonds. The minimum absolute atomic E-state index is 0.423. The molecule has 0 saturated carbocycles. The van der Waals surface area contributed by atoms with Crippen LogP contribution in [0.15, 0.2) is 53.4 Å². The molecule has 0 aromatic heterocycles. The van der Waals surface area contributed by atoms with Crippen LogP contribution in [-0.2, 0) is 6.18 Å². The highest BCUT2D eigenvalue weighted by Crippen LogP contribution is 2.30. The van der Waals surface area contributed by atoms with Crippen LogP contribution in [0, 0.1) is 0 Å². The van der Waals surface area contributed by atoms with E-state index in [1.54, 1.807) is 11.8 Å². The quantitative estimate of drug-likeness (QED) is 0.816. The number of thioether (sulfide) groups is 1. The second-order valence-corrected chi connectivity index (χ2v) is 5.94. The summed E-state index contributed by atoms with van der Waals surface area (Å²) in [6.45, 7) is 2.08. The molecule has 0 aliphatic rings. The first-order valence-corrected chi connectivity index (χ1v) is 7.56. The van der Waals surface area contributed by atoms with Crippen molar-refractivity contribution in [3.05, 3.63) is 65.2 Å². The summed E-state index contributed by atoms with van der Waals surface area (Å²) in [6, 6.07) is 12.4. The Bertz CT molecular complexity index is 576. The van der Waals surface area contributed by atoms with E-state index in [0.717, 1.165) is 28.3 Å². The Hall–Kier alpha value is -1.46. The predicted octanol–water partition coefficient (Wildman–Crippen LogP) is 4.87. The second-order valence-electron chi connectivity index (χ2n) is 4.60. The van der Waals surface area contributed by atoms with Gasteiger partial charge in [-0.1, -0.05) is 31.2 Å². The summed E-state index contributed by atoms with van der Waals surface area (Å²) in [4.78, 5) is 1.15. The minimum Gasteiger partial charge on any atom is -0.320 e. The Balaban J connectivity index is 2.17. The molecule has 0 spiro atoms. The van der Waals surface area contributed by atoms with Crippen molar-refractivity contribution < 1.29 is 13.2 Å². The van der Waals surface area contributed by atoms with Crippen molar-refractivity contribution in [3.63, 3.8) is 0 Å². The van der Waals surface area contributed by atoms with Gasteiger partial charge in [0.2, 0.25) is 0 Å². The average Bonchev–Trinajstić information content (AvgIpc) is 2.47. The molecule has 0 aliphatic carbocycles. The third kappa shape index (κ3) is 4.02. The van der Waals surface area contributed by atoms with Crippen LogP contribution < -0.4 is 5.73 Å². The summed E-state index contributed by atoms with van der Waals surface area (Å²) in [5.74, 6) is 0.990. The van der Waals surface area contributed by atoms with Crippen molar-refractivity contribution in [2.24, 2.45) is 5.73 Å². The third-order valence-corrected chi connectivity index (χ3v) is 4.04. The smallest absolute Gasteiger partial charge is 0.320 e. The molecule has 2 aromatic rings. The number of alkyl halides is 3. The van der Waals surface area contributed by atoms with Gasteiger partial charge in [-0.05, 0) is 41.1 Å². The van der Waals surface area contributed by atoms with Crippen LogP contribution in [0.5, 0.6) is 0 Å². The minimum atomic E-state index is -4.32. The average molecular weight is 311 g/mol. The van der Waals surface area contributed by atoms with Crippen molar-refractivity contribution in [1.29, 1.82) is 0 Å². The highest BCUT2D eigenvalue weighted by atomic mass is 32.2. The third-order valence-electron chi connectivity index (χ3n) is 3.15. The maximum absolute atomic E-state index is 12.5. The number of benzene rings is 2. The van der Waals surface area contributed by atoms with Crippen LogP contribution in [0.1, 0.15) is 29.7 Å². The lowest BCUT2D eigenvalue weighted by atomic mass is 9.98. The molecule has 1 unspecified atom stereocenters. The molecule has 21 heavy (non-hydrogen) atoms. The summed E-state index contributed by atoms with van der Waals surface area (Å²) in [7, 11) is 0. The van der Waals surface area contributed by atoms with E-state index in [9.17, 15) is 13.2 Å². The zero-order valence-electron chi connectivity index (χ0n) is 11.5. The van der Waals surface area contributed by atoms with Crippen LogP contribution in [0.4, 0.5) is 13.2 Å². The maximum Gasteiger partial charge on any atom is 0.416 e. The van der Waals surface area contributed by atoms with Crippen LogP contribution in [0.3, 0.4) is 0 Å². The summed E-state index contributed by atoms with van der Waals surface area (Å²) >= 11 is 1.73. The van der Waals surface area contributed by atoms with E-state index in [1.165, 1.54) is 12.1 Å². The van der Waals surface area contributed by atoms with E-state index in [-0.39, 0.29) is 0 Å². The molecule has 0 bridgehead atoms. The molecule has 0 heterocycles. The van der Waals surface area contributed by atoms with Crippen molar-refractivity contribution in [2.75, 3.05) is 5.75 Å². The van der Waals surface area contributed by atoms with E-state index in [2.05, 4.69) is 6.92 Å². The SMILES string of the molecule is CCSc1ccc(C(N)c2ccc(C(F)(F)F)cc2)cc1. The number of hydrogen-bond acceptors (Lipinski definition) is 2. The summed E-state index contributed by atoms with van der Waals surface area (Å²) in [5, 5.41) is 0. The van der Waals surface area contributed by atoms with Crippen molar-refractivity contribution >= 4 is 11.8 Å². The summed E-state index contributed by atoms with van der Waals surface area (Å²) in [6.07, 6.45) is -4.32. The number of hydrogen-bond donors (Lipinski definition) is 1. The van der Waals surface area contributed by atoms with Gasteiger partial charge in [0.15, 0.2) is 0 Å². The molecular formula is C16H16F3NS. The summed E-state index contributed by atoms with van der Waals surface area (Å²) in [5.41, 5.74) is 7.00. The molecule has 2 N–H and O–H groups in total. The van der Waals surface area contributed by atoms with Crippen molar-refractivity contribution in [3.8, 4) is 0 Å². The molecule has 0 radical (unpaired) electrons. The fourth-order valence-electron chi connectivity index (χ4n) is 2.01. The van der Waals surface area contributed by atoms with E-state index in [1.807, 2.05) is 24.3 Å². The monoisotopic (exact) mass is 311 g/mol. The predicted molar refractivity (Wildman–Crippen MR) is 80.3 cm³/mol. The molecule has 1 nitrogen and oxygen atoms in total. The number of halogens is 3. The fourth-order valence-corrected chi connectivity index (χ4v) is 2.67. The molecule has 2 rings (SSSR count). The molecule has 1 atom stereocenters. The molecule has 5 heteroatoms. The first kappa shape index (κ1) is 15.9. The van der Waals surface area contributed by atoms with Gasteiger partial charge in [-0.25, -0.2) is 0 Å². The number of rotatable bonds is 4. The first-order chi connectivity index (χ1) is 9.91. The first-order valence-electron chi connectivity index (χ1n) is 6.57. The Kier molecular flexibility index (Phi) is 4.96. The maximum atomic E-state index is 12.5. The van der Waals surface area contributed by atoms with Gasteiger partial charge in [-0.2, -0.15) is 13.2 Å². The van der Waals surface area contributed by atoms with Gasteiger partial charge >= 0.3 is 6.18 Å². The highest BCUT2D eigenvalue weighted by molar-refractivity contribution is 7.99. The van der Waals surface area contributed by atoms with Gasteiger partial charge < -0.3 is 5.73 Å². The van der Waals surface area contributed by atoms with Crippen LogP contribution in [0.25, 0.3) is 0 Å². The molecule has 0 saturated heterocycles. The van der Waals surface area contributed by atoms with Crippen molar-refractivity contribution in [1.82, 2.24) is 0 Å². The Morgan fingerprint density at radius 1 is 0.952 bits per heavy atom. The number of nitrogens with two attached hydrogens (primary N) is 1. The van der Waals surface area contributed by atoms with Gasteiger partial charge in [0, 0.05) is 4.90 Å². The normalized spacial score (nSPS) is 13.2. The van der Waals surface area contributed by atoms with E-state index >= 15 is 0 Å². The fraction of sp³-hybridized carbons (Fsp3) is 0.250. The molecule has 2 aromatic carbocycles. The zero-order chi connectivity index (χ0) is 15.5. The second kappa shape index (κ2) is 6.54. The Morgan fingerprint density at radius 3 is 1.86 bits per heavy atom. The van der Waals surface area contributed by atoms with E-state index in [4.69, 9.17) is 5.73 Å². The lowest BCUT2D eigenvalue weighted by Gasteiger charge is -2.14. The summed E-state index contributed by atoms with van der Waals surface area (Å²) < 4.78 is 37.6. The highest BCUT2D eigenvalue weighted by Gasteiger charge is 2.30. The van der Waals surface area contributed by atoms with E-state index in [0.29, 0.717) is 5.56 Å². The topological polar surface area (TPSA) is 26.0 Å². The van der Waals surface area contributed by atoms with Crippen molar-refractivity contribution in [2.45, 2.75) is 24.0 Å². The van der Waals surface area contributed by atoms with E-state index < -0.39 is 17.8 Å². The largest absolute Gasteiger partial charge is 0.416 e. The molecule has 0 fully saturated rings. The standard InChI is InChI=1S/C16H16F3NS/c1-2-21-14-9-5-12(6-10-14)15(20)11-3-7-13(8-4-11)16(17,18)19/h3-10,15H,2,20H2,1H3. The van der Waals surface area contributed by atoms with Crippen LogP contribution in [-0.4, -0.2) is 5.75 Å².